The number of rotatable bonds is 5. The zero-order valence-electron chi connectivity index (χ0n) is 14.3. The van der Waals surface area contributed by atoms with Crippen molar-refractivity contribution in [1.29, 1.82) is 0 Å². The molecule has 29 heavy (non-hydrogen) atoms. The van der Waals surface area contributed by atoms with Gasteiger partial charge in [-0.15, -0.1) is 0 Å². The molecule has 1 heterocycles. The second kappa shape index (κ2) is 9.28. The van der Waals surface area contributed by atoms with Crippen LogP contribution in [0.2, 0.25) is 20.1 Å². The summed E-state index contributed by atoms with van der Waals surface area (Å²) < 4.78 is 1.22. The molecule has 1 aromatic heterocycles. The maximum Gasteiger partial charge on any atom is 0.262 e. The number of anilines is 1. The van der Waals surface area contributed by atoms with Gasteiger partial charge >= 0.3 is 0 Å². The Bertz CT molecular complexity index is 1150. The van der Waals surface area contributed by atoms with Crippen molar-refractivity contribution in [2.24, 2.45) is 0 Å². The predicted octanol–water partition coefficient (Wildman–Crippen LogP) is 5.28. The zero-order chi connectivity index (χ0) is 21.1. The topological polar surface area (TPSA) is 84.2 Å². The number of thioether (sulfide) groups is 1. The summed E-state index contributed by atoms with van der Waals surface area (Å²) in [5.74, 6) is -0.955. The van der Waals surface area contributed by atoms with E-state index in [-0.39, 0.29) is 15.9 Å². The highest BCUT2D eigenvalue weighted by atomic mass is 35.5. The molecule has 0 aliphatic carbocycles. The molecule has 3 aromatic rings. The number of carbonyl (C=O) groups excluding carboxylic acids is 1. The van der Waals surface area contributed by atoms with Gasteiger partial charge in [0.1, 0.15) is 0 Å². The maximum atomic E-state index is 12.4. The van der Waals surface area contributed by atoms with Crippen LogP contribution in [0.3, 0.4) is 0 Å². The number of benzene rings is 2. The molecular formula is C18H11Cl4N3O3S. The Balaban J connectivity index is 1.84. The summed E-state index contributed by atoms with van der Waals surface area (Å²) in [5, 5.41) is 13.8. The van der Waals surface area contributed by atoms with Gasteiger partial charge in [-0.3, -0.25) is 14.2 Å². The Morgan fingerprint density at radius 2 is 1.79 bits per heavy atom. The van der Waals surface area contributed by atoms with Gasteiger partial charge in [0.05, 0.1) is 38.3 Å². The van der Waals surface area contributed by atoms with Crippen LogP contribution in [0.15, 0.2) is 52.4 Å². The maximum absolute atomic E-state index is 12.4. The molecule has 0 saturated heterocycles. The van der Waals surface area contributed by atoms with E-state index in [1.54, 1.807) is 18.2 Å². The first-order valence-electron chi connectivity index (χ1n) is 7.91. The molecule has 0 radical (unpaired) electrons. The van der Waals surface area contributed by atoms with Crippen LogP contribution in [0.25, 0.3) is 5.69 Å². The van der Waals surface area contributed by atoms with Gasteiger partial charge in [0.2, 0.25) is 11.8 Å². The normalized spacial score (nSPS) is 10.8. The van der Waals surface area contributed by atoms with E-state index >= 15 is 0 Å². The monoisotopic (exact) mass is 489 g/mol. The number of amides is 1. The second-order valence-corrected chi connectivity index (χ2v) is 8.23. The number of aromatic hydroxyl groups is 1. The van der Waals surface area contributed by atoms with Crippen LogP contribution >= 0.6 is 58.2 Å². The van der Waals surface area contributed by atoms with Crippen LogP contribution in [0.4, 0.5) is 5.69 Å². The van der Waals surface area contributed by atoms with Crippen molar-refractivity contribution in [2.75, 3.05) is 11.1 Å². The lowest BCUT2D eigenvalue weighted by Gasteiger charge is -2.13. The third-order valence-electron chi connectivity index (χ3n) is 3.57. The summed E-state index contributed by atoms with van der Waals surface area (Å²) in [7, 11) is 0. The zero-order valence-corrected chi connectivity index (χ0v) is 18.2. The number of hydrogen-bond acceptors (Lipinski definition) is 5. The number of nitrogens with zero attached hydrogens (tertiary/aromatic N) is 2. The van der Waals surface area contributed by atoms with Crippen LogP contribution < -0.4 is 10.9 Å². The molecule has 150 valence electrons. The van der Waals surface area contributed by atoms with Gasteiger partial charge in [-0.1, -0.05) is 58.2 Å². The molecule has 2 aromatic carbocycles. The summed E-state index contributed by atoms with van der Waals surface area (Å²) in [6, 6.07) is 10.2. The average Bonchev–Trinajstić information content (AvgIpc) is 2.64. The van der Waals surface area contributed by atoms with Crippen LogP contribution in [-0.2, 0) is 4.79 Å². The first-order valence-corrected chi connectivity index (χ1v) is 10.4. The Morgan fingerprint density at radius 3 is 2.48 bits per heavy atom. The summed E-state index contributed by atoms with van der Waals surface area (Å²) in [6.45, 7) is 0. The molecule has 6 nitrogen and oxygen atoms in total. The number of aromatic nitrogens is 2. The first kappa shape index (κ1) is 21.8. The quantitative estimate of drug-likeness (QED) is 0.375. The van der Waals surface area contributed by atoms with Gasteiger partial charge in [0.25, 0.3) is 5.56 Å². The lowest BCUT2D eigenvalue weighted by Crippen LogP contribution is -2.21. The SMILES string of the molecule is O=C(CSc1nc(O)cc(=O)n1-c1ccc(Cl)c(Cl)c1)Nc1ccc(Cl)cc1Cl. The van der Waals surface area contributed by atoms with Crippen molar-refractivity contribution >= 4 is 69.8 Å². The Morgan fingerprint density at radius 1 is 1.03 bits per heavy atom. The van der Waals surface area contributed by atoms with E-state index in [0.29, 0.717) is 26.4 Å². The molecule has 0 saturated carbocycles. The fraction of sp³-hybridized carbons (Fsp3) is 0.0556. The van der Waals surface area contributed by atoms with E-state index in [9.17, 15) is 14.7 Å². The fourth-order valence-electron chi connectivity index (χ4n) is 2.32. The molecule has 0 bridgehead atoms. The third kappa shape index (κ3) is 5.38. The third-order valence-corrected chi connectivity index (χ3v) is 5.80. The number of nitrogens with one attached hydrogen (secondary N) is 1. The molecule has 0 atom stereocenters. The smallest absolute Gasteiger partial charge is 0.262 e. The second-order valence-electron chi connectivity index (χ2n) is 5.63. The Hall–Kier alpha value is -1.90. The molecular weight excluding hydrogens is 480 g/mol. The van der Waals surface area contributed by atoms with Crippen LogP contribution in [0, 0.1) is 0 Å². The van der Waals surface area contributed by atoms with Gasteiger partial charge in [0, 0.05) is 5.02 Å². The van der Waals surface area contributed by atoms with Gasteiger partial charge in [-0.2, -0.15) is 4.98 Å². The van der Waals surface area contributed by atoms with Gasteiger partial charge in [-0.05, 0) is 36.4 Å². The van der Waals surface area contributed by atoms with Crippen LogP contribution in [0.5, 0.6) is 5.88 Å². The van der Waals surface area contributed by atoms with Crippen molar-refractivity contribution in [3.8, 4) is 11.6 Å². The van der Waals surface area contributed by atoms with Crippen molar-refractivity contribution < 1.29 is 9.90 Å². The van der Waals surface area contributed by atoms with E-state index in [1.807, 2.05) is 0 Å². The fourth-order valence-corrected chi connectivity index (χ4v) is 3.88. The molecule has 1 amide bonds. The number of hydrogen-bond donors (Lipinski definition) is 2. The largest absolute Gasteiger partial charge is 0.493 e. The highest BCUT2D eigenvalue weighted by Gasteiger charge is 2.15. The van der Waals surface area contributed by atoms with Crippen molar-refractivity contribution in [2.45, 2.75) is 5.16 Å². The summed E-state index contributed by atoms with van der Waals surface area (Å²) in [5.41, 5.74) is 0.243. The van der Waals surface area contributed by atoms with Crippen LogP contribution in [0.1, 0.15) is 0 Å². The van der Waals surface area contributed by atoms with E-state index < -0.39 is 17.3 Å². The van der Waals surface area contributed by atoms with Gasteiger partial charge in [0.15, 0.2) is 5.16 Å². The Labute approximate surface area is 189 Å². The molecule has 0 fully saturated rings. The molecule has 0 aliphatic heterocycles. The molecule has 0 spiro atoms. The van der Waals surface area contributed by atoms with Gasteiger partial charge < -0.3 is 10.4 Å². The molecule has 0 aliphatic rings. The highest BCUT2D eigenvalue weighted by Crippen LogP contribution is 2.28. The van der Waals surface area contributed by atoms with E-state index in [2.05, 4.69) is 10.3 Å². The lowest BCUT2D eigenvalue weighted by atomic mass is 10.3. The first-order chi connectivity index (χ1) is 13.7. The van der Waals surface area contributed by atoms with Gasteiger partial charge in [-0.25, -0.2) is 0 Å². The molecule has 3 rings (SSSR count). The minimum absolute atomic E-state index is 0.101. The molecule has 0 unspecified atom stereocenters. The van der Waals surface area contributed by atoms with Crippen molar-refractivity contribution in [3.63, 3.8) is 0 Å². The van der Waals surface area contributed by atoms with Crippen molar-refractivity contribution in [3.05, 3.63) is 72.9 Å². The summed E-state index contributed by atoms with van der Waals surface area (Å²) >= 11 is 24.8. The molecule has 2 N–H and O–H groups in total. The minimum Gasteiger partial charge on any atom is -0.493 e. The van der Waals surface area contributed by atoms with E-state index in [1.165, 1.54) is 22.8 Å². The van der Waals surface area contributed by atoms with Crippen LogP contribution in [-0.4, -0.2) is 26.3 Å². The molecule has 11 heteroatoms. The number of carbonyl (C=O) groups is 1. The number of halogens is 4. The predicted molar refractivity (Wildman–Crippen MR) is 117 cm³/mol. The minimum atomic E-state index is -0.542. The van der Waals surface area contributed by atoms with E-state index in [0.717, 1.165) is 17.8 Å². The summed E-state index contributed by atoms with van der Waals surface area (Å²) in [6.07, 6.45) is 0. The Kier molecular flexibility index (Phi) is 6.97. The highest BCUT2D eigenvalue weighted by molar-refractivity contribution is 7.99. The average molecular weight is 491 g/mol. The van der Waals surface area contributed by atoms with E-state index in [4.69, 9.17) is 46.4 Å². The van der Waals surface area contributed by atoms with Crippen molar-refractivity contribution in [1.82, 2.24) is 9.55 Å². The standard InChI is InChI=1S/C18H11Cl4N3O3S/c19-9-1-4-14(13(22)5-9)23-16(27)8-29-18-24-15(26)7-17(28)25(18)10-2-3-11(20)12(21)6-10/h1-7,26H,8H2,(H,23,27). The lowest BCUT2D eigenvalue weighted by molar-refractivity contribution is -0.113. The summed E-state index contributed by atoms with van der Waals surface area (Å²) in [4.78, 5) is 28.7.